The number of allylic oxidation sites excluding steroid dienone is 3. The van der Waals surface area contributed by atoms with Gasteiger partial charge in [0.1, 0.15) is 11.7 Å². The molecule has 2 heterocycles. The van der Waals surface area contributed by atoms with Crippen molar-refractivity contribution in [3.05, 3.63) is 34.3 Å². The lowest BCUT2D eigenvalue weighted by Crippen LogP contribution is -2.62. The van der Waals surface area contributed by atoms with Crippen molar-refractivity contribution in [1.29, 1.82) is 0 Å². The molecule has 1 saturated heterocycles. The molecule has 41 heavy (non-hydrogen) atoms. The number of ketones is 2. The predicted molar refractivity (Wildman–Crippen MR) is 154 cm³/mol. The zero-order valence-corrected chi connectivity index (χ0v) is 26.4. The average Bonchev–Trinajstić information content (AvgIpc) is 2.87. The van der Waals surface area contributed by atoms with Crippen LogP contribution in [0.3, 0.4) is 0 Å². The summed E-state index contributed by atoms with van der Waals surface area (Å²) in [5, 5.41) is 10.6. The van der Waals surface area contributed by atoms with Crippen molar-refractivity contribution >= 4 is 17.5 Å². The average molecular weight is 573 g/mol. The monoisotopic (exact) mass is 572 g/mol. The Hall–Kier alpha value is -2.45. The molecule has 228 valence electrons. The lowest BCUT2D eigenvalue weighted by Gasteiger charge is -2.60. The van der Waals surface area contributed by atoms with E-state index in [2.05, 4.69) is 6.92 Å². The number of rotatable bonds is 7. The van der Waals surface area contributed by atoms with Crippen molar-refractivity contribution in [3.8, 4) is 0 Å². The van der Waals surface area contributed by atoms with Gasteiger partial charge in [0, 0.05) is 29.7 Å². The Labute approximate surface area is 244 Å². The molecule has 1 saturated carbocycles. The van der Waals surface area contributed by atoms with Crippen LogP contribution >= 0.6 is 0 Å². The van der Waals surface area contributed by atoms with E-state index >= 15 is 0 Å². The number of hydrogen-bond donors (Lipinski definition) is 1. The number of fused-ring (bicyclic) bond motifs is 3. The Balaban J connectivity index is 1.75. The maximum Gasteiger partial charge on any atom is 0.303 e. The molecule has 0 aromatic heterocycles. The first-order valence-electron chi connectivity index (χ1n) is 15.0. The van der Waals surface area contributed by atoms with Crippen molar-refractivity contribution in [2.24, 2.45) is 17.3 Å². The van der Waals surface area contributed by atoms with E-state index < -0.39 is 29.2 Å². The maximum absolute atomic E-state index is 14.3. The second kappa shape index (κ2) is 11.0. The number of aliphatic hydroxyl groups is 1. The first-order chi connectivity index (χ1) is 18.9. The standard InChI is InChI=1S/C33H48O8/c1-11-18(4)28(39-20(6)34)19(5)25-27(36)29-21(26(35)30(25)38-17(2)3)16-22-32(9)14-12-23(31(7,8)37)40-24(32)13-15-33(22,10)41-29/h11,17,19,22-24,28,37H,12-16H2,1-10H3/b18-11+/t19-,22+,23+,24+,28+,32+,33+/m0/s1. The van der Waals surface area contributed by atoms with Crippen molar-refractivity contribution in [3.63, 3.8) is 0 Å². The SMILES string of the molecule is C/C=C(\C)[C@@H](OC(C)=O)[C@@H](C)C1=C(OC(C)C)C(=O)C2=C(O[C@]3(C)CC[C@H]4O[C@@H](C(C)(C)O)CC[C@]4(C)[C@H]3C2)C1=O. The Morgan fingerprint density at radius 2 is 1.76 bits per heavy atom. The van der Waals surface area contributed by atoms with Gasteiger partial charge in [-0.15, -0.1) is 0 Å². The van der Waals surface area contributed by atoms with Gasteiger partial charge in [0.25, 0.3) is 0 Å². The quantitative estimate of drug-likeness (QED) is 0.241. The van der Waals surface area contributed by atoms with Gasteiger partial charge >= 0.3 is 5.97 Å². The van der Waals surface area contributed by atoms with Crippen LogP contribution < -0.4 is 0 Å². The van der Waals surface area contributed by atoms with Gasteiger partial charge in [0.05, 0.1) is 29.5 Å². The highest BCUT2D eigenvalue weighted by atomic mass is 16.5. The van der Waals surface area contributed by atoms with Gasteiger partial charge < -0.3 is 24.1 Å². The van der Waals surface area contributed by atoms with E-state index in [1.54, 1.807) is 20.8 Å². The lowest BCUT2D eigenvalue weighted by atomic mass is 9.53. The highest BCUT2D eigenvalue weighted by molar-refractivity contribution is 6.24. The lowest BCUT2D eigenvalue weighted by molar-refractivity contribution is -0.245. The van der Waals surface area contributed by atoms with Gasteiger partial charge in [-0.2, -0.15) is 0 Å². The number of carbonyl (C=O) groups is 3. The van der Waals surface area contributed by atoms with Crippen LogP contribution in [0.1, 0.15) is 101 Å². The zero-order valence-electron chi connectivity index (χ0n) is 26.4. The van der Waals surface area contributed by atoms with E-state index in [-0.39, 0.29) is 58.3 Å². The van der Waals surface area contributed by atoms with Crippen LogP contribution in [0, 0.1) is 17.3 Å². The van der Waals surface area contributed by atoms with E-state index in [9.17, 15) is 19.5 Å². The highest BCUT2D eigenvalue weighted by Crippen LogP contribution is 2.60. The van der Waals surface area contributed by atoms with Gasteiger partial charge in [0.2, 0.25) is 11.6 Å². The normalized spacial score (nSPS) is 34.0. The molecule has 0 aromatic carbocycles. The molecule has 1 N–H and O–H groups in total. The molecule has 7 atom stereocenters. The minimum absolute atomic E-state index is 0.0176. The number of esters is 1. The summed E-state index contributed by atoms with van der Waals surface area (Å²) in [6.07, 6.45) is 3.71. The fraction of sp³-hybridized carbons (Fsp3) is 0.727. The van der Waals surface area contributed by atoms with Gasteiger partial charge in [-0.3, -0.25) is 14.4 Å². The fourth-order valence-corrected chi connectivity index (χ4v) is 7.51. The first-order valence-corrected chi connectivity index (χ1v) is 15.0. The van der Waals surface area contributed by atoms with Gasteiger partial charge in [-0.1, -0.05) is 19.9 Å². The van der Waals surface area contributed by atoms with Crippen LogP contribution in [0.15, 0.2) is 34.3 Å². The van der Waals surface area contributed by atoms with Gasteiger partial charge in [0.15, 0.2) is 11.5 Å². The number of Topliss-reactive ketones (excluding diaryl/α,β-unsaturated/α-hetero) is 2. The number of hydrogen-bond acceptors (Lipinski definition) is 8. The first kappa shape index (κ1) is 31.5. The van der Waals surface area contributed by atoms with E-state index in [1.165, 1.54) is 6.92 Å². The fourth-order valence-electron chi connectivity index (χ4n) is 7.51. The van der Waals surface area contributed by atoms with Crippen LogP contribution in [-0.2, 0) is 33.3 Å². The molecule has 0 amide bonds. The molecule has 2 aliphatic carbocycles. The van der Waals surface area contributed by atoms with Crippen molar-refractivity contribution in [2.75, 3.05) is 0 Å². The van der Waals surface area contributed by atoms with E-state index in [0.29, 0.717) is 24.8 Å². The smallest absolute Gasteiger partial charge is 0.303 e. The van der Waals surface area contributed by atoms with Crippen LogP contribution in [0.2, 0.25) is 0 Å². The molecular formula is C33H48O8. The molecule has 0 bridgehead atoms. The second-order valence-corrected chi connectivity index (χ2v) is 13.7. The summed E-state index contributed by atoms with van der Waals surface area (Å²) in [7, 11) is 0. The predicted octanol–water partition coefficient (Wildman–Crippen LogP) is 5.52. The van der Waals surface area contributed by atoms with E-state index in [4.69, 9.17) is 18.9 Å². The summed E-state index contributed by atoms with van der Waals surface area (Å²) < 4.78 is 24.9. The topological polar surface area (TPSA) is 108 Å². The summed E-state index contributed by atoms with van der Waals surface area (Å²) in [6, 6.07) is 0. The van der Waals surface area contributed by atoms with Crippen molar-refractivity contribution in [2.45, 2.75) is 137 Å². The molecular weight excluding hydrogens is 524 g/mol. The molecule has 4 aliphatic rings. The highest BCUT2D eigenvalue weighted by Gasteiger charge is 2.61. The molecule has 8 nitrogen and oxygen atoms in total. The molecule has 8 heteroatoms. The van der Waals surface area contributed by atoms with Gasteiger partial charge in [-0.05, 0) is 86.1 Å². The third-order valence-corrected chi connectivity index (χ3v) is 9.89. The van der Waals surface area contributed by atoms with E-state index in [1.807, 2.05) is 40.7 Å². The minimum atomic E-state index is -0.942. The molecule has 2 aliphatic heterocycles. The molecule has 0 spiro atoms. The maximum atomic E-state index is 14.3. The molecule has 0 unspecified atom stereocenters. The summed E-state index contributed by atoms with van der Waals surface area (Å²) >= 11 is 0. The molecule has 0 aromatic rings. The molecule has 2 fully saturated rings. The van der Waals surface area contributed by atoms with Crippen LogP contribution in [0.4, 0.5) is 0 Å². The van der Waals surface area contributed by atoms with Crippen molar-refractivity contribution < 1.29 is 38.4 Å². The Morgan fingerprint density at radius 3 is 2.32 bits per heavy atom. The third-order valence-electron chi connectivity index (χ3n) is 9.89. The molecule has 4 rings (SSSR count). The van der Waals surface area contributed by atoms with E-state index in [0.717, 1.165) is 18.4 Å². The zero-order chi connectivity index (χ0) is 30.7. The van der Waals surface area contributed by atoms with Crippen LogP contribution in [-0.4, -0.2) is 58.3 Å². The van der Waals surface area contributed by atoms with Crippen molar-refractivity contribution in [1.82, 2.24) is 0 Å². The summed E-state index contributed by atoms with van der Waals surface area (Å²) in [5.41, 5.74) is -0.592. The summed E-state index contributed by atoms with van der Waals surface area (Å²) in [6.45, 7) is 18.2. The minimum Gasteiger partial charge on any atom is -0.486 e. The summed E-state index contributed by atoms with van der Waals surface area (Å²) in [4.78, 5) is 40.5. The third kappa shape index (κ3) is 5.54. The van der Waals surface area contributed by atoms with Crippen LogP contribution in [0.5, 0.6) is 0 Å². The van der Waals surface area contributed by atoms with Crippen LogP contribution in [0.25, 0.3) is 0 Å². The Morgan fingerprint density at radius 1 is 1.10 bits per heavy atom. The summed E-state index contributed by atoms with van der Waals surface area (Å²) in [5.74, 6) is -1.78. The largest absolute Gasteiger partial charge is 0.486 e. The number of ether oxygens (including phenoxy) is 4. The number of carbonyl (C=O) groups excluding carboxylic acids is 3. The Bertz CT molecular complexity index is 1200. The second-order valence-electron chi connectivity index (χ2n) is 13.7. The Kier molecular flexibility index (Phi) is 8.44. The molecule has 0 radical (unpaired) electrons. The van der Waals surface area contributed by atoms with Gasteiger partial charge in [-0.25, -0.2) is 0 Å².